The number of rotatable bonds is 4. The Bertz CT molecular complexity index is 866. The number of aromatic nitrogens is 2. The summed E-state index contributed by atoms with van der Waals surface area (Å²) < 4.78 is 29.1. The topological polar surface area (TPSA) is 78.7 Å². The molecule has 8 heteroatoms. The monoisotopic (exact) mass is 376 g/mol. The van der Waals surface area contributed by atoms with E-state index in [1.165, 1.54) is 4.31 Å². The molecule has 3 heterocycles. The van der Waals surface area contributed by atoms with Gasteiger partial charge in [0.25, 0.3) is 0 Å². The minimum Gasteiger partial charge on any atom is -0.392 e. The summed E-state index contributed by atoms with van der Waals surface area (Å²) in [6.07, 6.45) is 1.60. The predicted octanol–water partition coefficient (Wildman–Crippen LogP) is 1.04. The van der Waals surface area contributed by atoms with Gasteiger partial charge in [0.15, 0.2) is 0 Å². The number of nitrogens with zero attached hydrogens (tertiary/aromatic N) is 4. The Morgan fingerprint density at radius 2 is 1.96 bits per heavy atom. The van der Waals surface area contributed by atoms with Crippen LogP contribution in [0.1, 0.15) is 24.2 Å². The zero-order valence-electron chi connectivity index (χ0n) is 14.7. The molecule has 0 saturated carbocycles. The molecule has 0 spiro atoms. The maximum absolute atomic E-state index is 12.8. The molecule has 1 saturated heterocycles. The first kappa shape index (κ1) is 17.7. The Morgan fingerprint density at radius 3 is 2.73 bits per heavy atom. The molecule has 4 rings (SSSR count). The summed E-state index contributed by atoms with van der Waals surface area (Å²) in [6.45, 7) is 3.66. The van der Waals surface area contributed by atoms with E-state index in [9.17, 15) is 13.5 Å². The van der Waals surface area contributed by atoms with E-state index in [1.807, 2.05) is 16.8 Å². The maximum atomic E-state index is 12.8. The molecule has 26 heavy (non-hydrogen) atoms. The normalized spacial score (nSPS) is 22.3. The molecule has 0 radical (unpaired) electrons. The second kappa shape index (κ2) is 7.11. The van der Waals surface area contributed by atoms with Gasteiger partial charge in [-0.3, -0.25) is 9.58 Å². The molecule has 2 aromatic rings. The average molecular weight is 376 g/mol. The number of β-amino-alcohol motifs (C(OH)–C–C–N with tert-alkyl or cyclic N) is 1. The van der Waals surface area contributed by atoms with Gasteiger partial charge in [-0.2, -0.15) is 9.40 Å². The third-order valence-corrected chi connectivity index (χ3v) is 6.92. The Balaban J connectivity index is 1.48. The van der Waals surface area contributed by atoms with Crippen LogP contribution in [-0.2, 0) is 29.7 Å². The van der Waals surface area contributed by atoms with Crippen LogP contribution < -0.4 is 0 Å². The summed E-state index contributed by atoms with van der Waals surface area (Å²) in [4.78, 5) is 2.54. The molecule has 0 unspecified atom stereocenters. The highest BCUT2D eigenvalue weighted by Crippen LogP contribution is 2.22. The van der Waals surface area contributed by atoms with Crippen LogP contribution in [0, 0.1) is 0 Å². The van der Waals surface area contributed by atoms with Crippen LogP contribution in [0.25, 0.3) is 0 Å². The van der Waals surface area contributed by atoms with Gasteiger partial charge < -0.3 is 5.11 Å². The van der Waals surface area contributed by atoms with Gasteiger partial charge in [0, 0.05) is 19.6 Å². The highest BCUT2D eigenvalue weighted by Gasteiger charge is 2.29. The smallest absolute Gasteiger partial charge is 0.243 e. The fourth-order valence-corrected chi connectivity index (χ4v) is 5.15. The number of hydrogen-bond donors (Lipinski definition) is 1. The first-order chi connectivity index (χ1) is 12.5. The predicted molar refractivity (Wildman–Crippen MR) is 96.8 cm³/mol. The van der Waals surface area contributed by atoms with Crippen LogP contribution in [-0.4, -0.2) is 58.2 Å². The largest absolute Gasteiger partial charge is 0.392 e. The molecule has 1 atom stereocenters. The Kier molecular flexibility index (Phi) is 4.83. The molecule has 0 amide bonds. The van der Waals surface area contributed by atoms with Crippen LogP contribution in [0.5, 0.6) is 0 Å². The van der Waals surface area contributed by atoms with Crippen molar-refractivity contribution in [2.75, 3.05) is 19.6 Å². The number of aliphatic hydroxyl groups excluding tert-OH is 1. The van der Waals surface area contributed by atoms with Crippen LogP contribution in [0.2, 0.25) is 0 Å². The molecule has 1 aromatic heterocycles. The summed E-state index contributed by atoms with van der Waals surface area (Å²) >= 11 is 0. The molecule has 1 aromatic carbocycles. The lowest BCUT2D eigenvalue weighted by Gasteiger charge is -2.29. The van der Waals surface area contributed by atoms with Crippen LogP contribution in [0.15, 0.2) is 41.3 Å². The number of piperidine rings is 1. The molecule has 1 fully saturated rings. The third-order valence-electron chi connectivity index (χ3n) is 5.06. The Morgan fingerprint density at radius 1 is 1.15 bits per heavy atom. The summed E-state index contributed by atoms with van der Waals surface area (Å²) in [5, 5.41) is 14.4. The number of aliphatic hydroxyl groups is 1. The van der Waals surface area contributed by atoms with Crippen molar-refractivity contribution in [1.29, 1.82) is 0 Å². The van der Waals surface area contributed by atoms with Crippen molar-refractivity contribution in [1.82, 2.24) is 19.0 Å². The number of sulfonamides is 1. The van der Waals surface area contributed by atoms with Gasteiger partial charge in [0.05, 0.1) is 35.5 Å². The van der Waals surface area contributed by atoms with Gasteiger partial charge in [-0.05, 0) is 37.6 Å². The zero-order valence-corrected chi connectivity index (χ0v) is 15.5. The maximum Gasteiger partial charge on any atom is 0.243 e. The molecule has 7 nitrogen and oxygen atoms in total. The summed E-state index contributed by atoms with van der Waals surface area (Å²) in [6, 6.07) is 10.6. The molecule has 2 aliphatic heterocycles. The fourth-order valence-electron chi connectivity index (χ4n) is 3.73. The zero-order chi connectivity index (χ0) is 18.1. The molecule has 0 bridgehead atoms. The molecule has 1 N–H and O–H groups in total. The van der Waals surface area contributed by atoms with Gasteiger partial charge in [-0.25, -0.2) is 8.42 Å². The van der Waals surface area contributed by atoms with E-state index in [0.29, 0.717) is 37.6 Å². The summed E-state index contributed by atoms with van der Waals surface area (Å²) in [7, 11) is -3.48. The van der Waals surface area contributed by atoms with E-state index in [0.717, 1.165) is 30.8 Å². The van der Waals surface area contributed by atoms with Crippen molar-refractivity contribution in [2.24, 2.45) is 0 Å². The number of likely N-dealkylation sites (tertiary alicyclic amines) is 1. The van der Waals surface area contributed by atoms with Crippen LogP contribution in [0.4, 0.5) is 0 Å². The number of benzene rings is 1. The molecular weight excluding hydrogens is 352 g/mol. The standard InChI is InChI=1S/C18H24N4O3S/c23-17-5-4-8-20(14-17)12-15-11-16-13-21(9-10-22(16)19-15)26(24,25)18-6-2-1-3-7-18/h1-3,6-7,11,17,23H,4-5,8-10,12-14H2/t17-/m0/s1. The highest BCUT2D eigenvalue weighted by atomic mass is 32.2. The first-order valence-corrected chi connectivity index (χ1v) is 10.5. The van der Waals surface area contributed by atoms with Gasteiger partial charge in [-0.1, -0.05) is 18.2 Å². The summed E-state index contributed by atoms with van der Waals surface area (Å²) in [5.74, 6) is 0. The van der Waals surface area contributed by atoms with Gasteiger partial charge >= 0.3 is 0 Å². The van der Waals surface area contributed by atoms with E-state index in [-0.39, 0.29) is 6.10 Å². The van der Waals surface area contributed by atoms with Gasteiger partial charge in [0.1, 0.15) is 0 Å². The van der Waals surface area contributed by atoms with Crippen LogP contribution >= 0.6 is 0 Å². The second-order valence-corrected chi connectivity index (χ2v) is 8.97. The van der Waals surface area contributed by atoms with E-state index in [2.05, 4.69) is 10.00 Å². The van der Waals surface area contributed by atoms with E-state index < -0.39 is 10.0 Å². The lowest BCUT2D eigenvalue weighted by molar-refractivity contribution is 0.0661. The fraction of sp³-hybridized carbons (Fsp3) is 0.500. The van der Waals surface area contributed by atoms with Crippen molar-refractivity contribution in [3.8, 4) is 0 Å². The Hall–Kier alpha value is -1.74. The quantitative estimate of drug-likeness (QED) is 0.863. The number of hydrogen-bond acceptors (Lipinski definition) is 5. The minimum atomic E-state index is -3.48. The average Bonchev–Trinajstić information content (AvgIpc) is 3.04. The van der Waals surface area contributed by atoms with Gasteiger partial charge in [0.2, 0.25) is 10.0 Å². The SMILES string of the molecule is O=S(=O)(c1ccccc1)N1CCn2nc(CN3CCC[C@H](O)C3)cc2C1. The van der Waals surface area contributed by atoms with Crippen molar-refractivity contribution in [3.05, 3.63) is 47.8 Å². The van der Waals surface area contributed by atoms with E-state index in [4.69, 9.17) is 0 Å². The van der Waals surface area contributed by atoms with Crippen LogP contribution in [0.3, 0.4) is 0 Å². The Labute approximate surface area is 153 Å². The lowest BCUT2D eigenvalue weighted by Crippen LogP contribution is -2.38. The van der Waals surface area contributed by atoms with Gasteiger partial charge in [-0.15, -0.1) is 0 Å². The molecule has 140 valence electrons. The summed E-state index contributed by atoms with van der Waals surface area (Å²) in [5.41, 5.74) is 1.86. The molecular formula is C18H24N4O3S. The van der Waals surface area contributed by atoms with E-state index in [1.54, 1.807) is 24.3 Å². The first-order valence-electron chi connectivity index (χ1n) is 9.03. The number of fused-ring (bicyclic) bond motifs is 1. The van der Waals surface area contributed by atoms with Crippen molar-refractivity contribution in [2.45, 2.75) is 43.5 Å². The lowest BCUT2D eigenvalue weighted by atomic mass is 10.1. The molecule has 0 aliphatic carbocycles. The van der Waals surface area contributed by atoms with Crippen molar-refractivity contribution < 1.29 is 13.5 Å². The molecule has 2 aliphatic rings. The highest BCUT2D eigenvalue weighted by molar-refractivity contribution is 7.89. The third kappa shape index (κ3) is 3.55. The second-order valence-electron chi connectivity index (χ2n) is 7.03. The van der Waals surface area contributed by atoms with Crippen molar-refractivity contribution >= 4 is 10.0 Å². The minimum absolute atomic E-state index is 0.257. The van der Waals surface area contributed by atoms with E-state index >= 15 is 0 Å². The van der Waals surface area contributed by atoms with Crippen molar-refractivity contribution in [3.63, 3.8) is 0 Å².